The molecular formula is C18H18N2S. The van der Waals surface area contributed by atoms with Gasteiger partial charge in [0, 0.05) is 6.20 Å². The van der Waals surface area contributed by atoms with Crippen LogP contribution in [0, 0.1) is 11.7 Å². The lowest BCUT2D eigenvalue weighted by molar-refractivity contribution is 0.632. The maximum Gasteiger partial charge on any atom is 0.178 e. The van der Waals surface area contributed by atoms with Gasteiger partial charge in [-0.2, -0.15) is 0 Å². The first-order valence-electron chi connectivity index (χ1n) is 7.09. The quantitative estimate of drug-likeness (QED) is 0.664. The van der Waals surface area contributed by atoms with Crippen molar-refractivity contribution in [2.45, 2.75) is 19.9 Å². The zero-order valence-electron chi connectivity index (χ0n) is 12.2. The van der Waals surface area contributed by atoms with Gasteiger partial charge in [0.05, 0.1) is 11.7 Å². The van der Waals surface area contributed by atoms with Gasteiger partial charge in [-0.1, -0.05) is 54.6 Å². The lowest BCUT2D eigenvalue weighted by Gasteiger charge is -2.19. The van der Waals surface area contributed by atoms with Gasteiger partial charge < -0.3 is 9.55 Å². The van der Waals surface area contributed by atoms with E-state index in [2.05, 4.69) is 59.8 Å². The number of hydrogen-bond acceptors (Lipinski definition) is 1. The summed E-state index contributed by atoms with van der Waals surface area (Å²) in [7, 11) is 0. The average molecular weight is 294 g/mol. The Kier molecular flexibility index (Phi) is 3.76. The summed E-state index contributed by atoms with van der Waals surface area (Å²) in [6.45, 7) is 4.34. The Bertz CT molecular complexity index is 799. The molecule has 3 heteroatoms. The largest absolute Gasteiger partial charge is 0.337 e. The summed E-state index contributed by atoms with van der Waals surface area (Å²) in [6.07, 6.45) is 1.99. The Morgan fingerprint density at radius 1 is 1.00 bits per heavy atom. The van der Waals surface area contributed by atoms with Crippen molar-refractivity contribution in [3.63, 3.8) is 0 Å². The van der Waals surface area contributed by atoms with E-state index in [0.29, 0.717) is 0 Å². The molecule has 3 rings (SSSR count). The fourth-order valence-electron chi connectivity index (χ4n) is 2.79. The third-order valence-electron chi connectivity index (χ3n) is 3.91. The van der Waals surface area contributed by atoms with Gasteiger partial charge in [-0.15, -0.1) is 0 Å². The number of aromatic amines is 1. The smallest absolute Gasteiger partial charge is 0.178 e. The van der Waals surface area contributed by atoms with Crippen LogP contribution in [-0.2, 0) is 0 Å². The van der Waals surface area contributed by atoms with Gasteiger partial charge in [0.2, 0.25) is 0 Å². The number of nitrogens with zero attached hydrogens (tertiary/aromatic N) is 1. The molecule has 0 fully saturated rings. The lowest BCUT2D eigenvalue weighted by atomic mass is 10.0. The Hall–Kier alpha value is -2.13. The van der Waals surface area contributed by atoms with Crippen molar-refractivity contribution in [2.24, 2.45) is 0 Å². The SMILES string of the molecule is Cc1ccccc1C(C)n1c(-c2ccccc2)c[nH]c1=S. The predicted molar refractivity (Wildman–Crippen MR) is 90.0 cm³/mol. The molecule has 0 radical (unpaired) electrons. The normalized spacial score (nSPS) is 12.3. The van der Waals surface area contributed by atoms with Crippen molar-refractivity contribution in [3.05, 3.63) is 76.7 Å². The Morgan fingerprint density at radius 2 is 1.67 bits per heavy atom. The Labute approximate surface area is 130 Å². The van der Waals surface area contributed by atoms with Gasteiger partial charge >= 0.3 is 0 Å². The third-order valence-corrected chi connectivity index (χ3v) is 4.22. The van der Waals surface area contributed by atoms with Crippen LogP contribution in [0.5, 0.6) is 0 Å². The molecule has 1 unspecified atom stereocenters. The molecule has 0 aliphatic carbocycles. The fraction of sp³-hybridized carbons (Fsp3) is 0.167. The number of nitrogens with one attached hydrogen (secondary N) is 1. The minimum atomic E-state index is 0.195. The molecule has 0 saturated carbocycles. The summed E-state index contributed by atoms with van der Waals surface area (Å²) in [5.41, 5.74) is 4.87. The summed E-state index contributed by atoms with van der Waals surface area (Å²) >= 11 is 5.50. The van der Waals surface area contributed by atoms with Crippen LogP contribution in [0.25, 0.3) is 11.3 Å². The van der Waals surface area contributed by atoms with Crippen LogP contribution in [0.1, 0.15) is 24.1 Å². The molecule has 1 aromatic heterocycles. The first-order valence-corrected chi connectivity index (χ1v) is 7.50. The maximum atomic E-state index is 5.50. The first-order chi connectivity index (χ1) is 10.2. The summed E-state index contributed by atoms with van der Waals surface area (Å²) < 4.78 is 2.94. The first kappa shape index (κ1) is 13.8. The fourth-order valence-corrected chi connectivity index (χ4v) is 3.10. The van der Waals surface area contributed by atoms with Crippen LogP contribution in [0.2, 0.25) is 0 Å². The molecule has 2 nitrogen and oxygen atoms in total. The number of aromatic nitrogens is 2. The summed E-state index contributed by atoms with van der Waals surface area (Å²) in [6, 6.07) is 19.0. The van der Waals surface area contributed by atoms with Gasteiger partial charge in [0.25, 0.3) is 0 Å². The molecule has 1 heterocycles. The van der Waals surface area contributed by atoms with E-state index >= 15 is 0 Å². The molecule has 21 heavy (non-hydrogen) atoms. The second kappa shape index (κ2) is 5.70. The van der Waals surface area contributed by atoms with Crippen molar-refractivity contribution in [1.82, 2.24) is 9.55 Å². The van der Waals surface area contributed by atoms with E-state index in [0.717, 1.165) is 10.5 Å². The van der Waals surface area contributed by atoms with Crippen LogP contribution in [0.3, 0.4) is 0 Å². The van der Waals surface area contributed by atoms with E-state index in [9.17, 15) is 0 Å². The minimum Gasteiger partial charge on any atom is -0.337 e. The zero-order valence-corrected chi connectivity index (χ0v) is 13.0. The van der Waals surface area contributed by atoms with Crippen LogP contribution in [0.15, 0.2) is 60.8 Å². The molecule has 106 valence electrons. The summed E-state index contributed by atoms with van der Waals surface area (Å²) in [5, 5.41) is 0. The van der Waals surface area contributed by atoms with E-state index in [1.807, 2.05) is 24.4 Å². The van der Waals surface area contributed by atoms with E-state index in [-0.39, 0.29) is 6.04 Å². The lowest BCUT2D eigenvalue weighted by Crippen LogP contribution is -2.09. The van der Waals surface area contributed by atoms with E-state index < -0.39 is 0 Å². The third kappa shape index (κ3) is 2.57. The number of hydrogen-bond donors (Lipinski definition) is 1. The van der Waals surface area contributed by atoms with Crippen molar-refractivity contribution in [3.8, 4) is 11.3 Å². The predicted octanol–water partition coefficient (Wildman–Crippen LogP) is 5.13. The van der Waals surface area contributed by atoms with Crippen molar-refractivity contribution >= 4 is 12.2 Å². The van der Waals surface area contributed by atoms with Crippen LogP contribution in [0.4, 0.5) is 0 Å². The van der Waals surface area contributed by atoms with Crippen LogP contribution in [-0.4, -0.2) is 9.55 Å². The molecule has 0 amide bonds. The van der Waals surface area contributed by atoms with E-state index in [4.69, 9.17) is 12.2 Å². The number of H-pyrrole nitrogens is 1. The van der Waals surface area contributed by atoms with Crippen molar-refractivity contribution < 1.29 is 0 Å². The standard InChI is InChI=1S/C18H18N2S/c1-13-8-6-7-11-16(13)14(2)20-17(12-19-18(20)21)15-9-4-3-5-10-15/h3-12,14H,1-2H3,(H,19,21). The minimum absolute atomic E-state index is 0.195. The van der Waals surface area contributed by atoms with Gasteiger partial charge in [-0.25, -0.2) is 0 Å². The Morgan fingerprint density at radius 3 is 2.38 bits per heavy atom. The number of aryl methyl sites for hydroxylation is 1. The summed E-state index contributed by atoms with van der Waals surface area (Å²) in [5.74, 6) is 0. The van der Waals surface area contributed by atoms with Crippen LogP contribution >= 0.6 is 12.2 Å². The number of benzene rings is 2. The highest BCUT2D eigenvalue weighted by Gasteiger charge is 2.15. The molecule has 0 bridgehead atoms. The molecule has 2 aromatic carbocycles. The second-order valence-corrected chi connectivity index (χ2v) is 5.63. The van der Waals surface area contributed by atoms with Crippen molar-refractivity contribution in [1.29, 1.82) is 0 Å². The molecule has 1 atom stereocenters. The van der Waals surface area contributed by atoms with Crippen molar-refractivity contribution in [2.75, 3.05) is 0 Å². The monoisotopic (exact) mass is 294 g/mol. The molecule has 3 aromatic rings. The zero-order chi connectivity index (χ0) is 14.8. The van der Waals surface area contributed by atoms with Gasteiger partial charge in [-0.3, -0.25) is 0 Å². The van der Waals surface area contributed by atoms with E-state index in [1.165, 1.54) is 16.7 Å². The second-order valence-electron chi connectivity index (χ2n) is 5.25. The van der Waals surface area contributed by atoms with Gasteiger partial charge in [-0.05, 0) is 42.8 Å². The molecule has 0 spiro atoms. The average Bonchev–Trinajstić information content (AvgIpc) is 2.90. The molecular weight excluding hydrogens is 276 g/mol. The topological polar surface area (TPSA) is 20.7 Å². The van der Waals surface area contributed by atoms with Crippen LogP contribution < -0.4 is 0 Å². The molecule has 0 aliphatic heterocycles. The molecule has 0 saturated heterocycles. The highest BCUT2D eigenvalue weighted by molar-refractivity contribution is 7.71. The van der Waals surface area contributed by atoms with Gasteiger partial charge in [0.15, 0.2) is 4.77 Å². The highest BCUT2D eigenvalue weighted by Crippen LogP contribution is 2.28. The Balaban J connectivity index is 2.14. The molecule has 1 N–H and O–H groups in total. The highest BCUT2D eigenvalue weighted by atomic mass is 32.1. The molecule has 0 aliphatic rings. The number of imidazole rings is 1. The summed E-state index contributed by atoms with van der Waals surface area (Å²) in [4.78, 5) is 3.18. The van der Waals surface area contributed by atoms with E-state index in [1.54, 1.807) is 0 Å². The maximum absolute atomic E-state index is 5.50. The van der Waals surface area contributed by atoms with Gasteiger partial charge in [0.1, 0.15) is 0 Å². The number of rotatable bonds is 3.